The number of amides is 1. The predicted octanol–water partition coefficient (Wildman–Crippen LogP) is 0.943. The summed E-state index contributed by atoms with van der Waals surface area (Å²) < 4.78 is 1.64. The summed E-state index contributed by atoms with van der Waals surface area (Å²) in [5.41, 5.74) is 6.25. The minimum absolute atomic E-state index is 0.203. The van der Waals surface area contributed by atoms with Crippen LogP contribution in [0.4, 0.5) is 5.69 Å². The molecule has 2 rings (SSSR count). The van der Waals surface area contributed by atoms with Gasteiger partial charge in [0.1, 0.15) is 0 Å². The molecule has 1 amide bonds. The number of hydrogen-bond donors (Lipinski definition) is 2. The summed E-state index contributed by atoms with van der Waals surface area (Å²) in [6.45, 7) is 1.86. The van der Waals surface area contributed by atoms with Crippen molar-refractivity contribution in [2.24, 2.45) is 5.73 Å². The van der Waals surface area contributed by atoms with Crippen LogP contribution in [0.2, 0.25) is 0 Å². The molecule has 0 fully saturated rings. The van der Waals surface area contributed by atoms with Gasteiger partial charge in [0, 0.05) is 12.4 Å². The van der Waals surface area contributed by atoms with Crippen molar-refractivity contribution in [3.05, 3.63) is 36.8 Å². The van der Waals surface area contributed by atoms with Gasteiger partial charge in [0.25, 0.3) is 0 Å². The van der Waals surface area contributed by atoms with Gasteiger partial charge in [-0.1, -0.05) is 6.92 Å². The van der Waals surface area contributed by atoms with Crippen LogP contribution < -0.4 is 11.1 Å². The number of anilines is 1. The molecule has 0 radical (unpaired) electrons. The zero-order valence-electron chi connectivity index (χ0n) is 10.1. The van der Waals surface area contributed by atoms with Crippen LogP contribution in [0.25, 0.3) is 5.82 Å². The summed E-state index contributed by atoms with van der Waals surface area (Å²) in [5.74, 6) is 0.490. The summed E-state index contributed by atoms with van der Waals surface area (Å²) in [6.07, 6.45) is 5.66. The van der Waals surface area contributed by atoms with Crippen LogP contribution in [0, 0.1) is 0 Å². The van der Waals surface area contributed by atoms with E-state index in [2.05, 4.69) is 15.4 Å². The predicted molar refractivity (Wildman–Crippen MR) is 68.3 cm³/mol. The van der Waals surface area contributed by atoms with Crippen molar-refractivity contribution in [1.82, 2.24) is 14.8 Å². The molecule has 0 bridgehead atoms. The van der Waals surface area contributed by atoms with Gasteiger partial charge in [0.05, 0.1) is 17.9 Å². The number of carbonyl (C=O) groups is 1. The fraction of sp³-hybridized carbons (Fsp3) is 0.250. The molecular weight excluding hydrogens is 230 g/mol. The molecule has 94 valence electrons. The maximum Gasteiger partial charge on any atom is 0.241 e. The monoisotopic (exact) mass is 245 g/mol. The fourth-order valence-corrected chi connectivity index (χ4v) is 1.42. The van der Waals surface area contributed by atoms with Crippen molar-refractivity contribution in [2.45, 2.75) is 19.4 Å². The average Bonchev–Trinajstić information content (AvgIpc) is 2.92. The topological polar surface area (TPSA) is 85.8 Å². The first-order valence-electron chi connectivity index (χ1n) is 5.73. The lowest BCUT2D eigenvalue weighted by atomic mass is 10.2. The van der Waals surface area contributed by atoms with Crippen LogP contribution in [0.15, 0.2) is 36.8 Å². The van der Waals surface area contributed by atoms with E-state index in [0.29, 0.717) is 17.9 Å². The number of nitrogens with two attached hydrogens (primary N) is 1. The average molecular weight is 245 g/mol. The lowest BCUT2D eigenvalue weighted by molar-refractivity contribution is -0.117. The summed E-state index contributed by atoms with van der Waals surface area (Å²) in [5, 5.41) is 6.77. The number of pyridine rings is 1. The third-order valence-electron chi connectivity index (χ3n) is 2.53. The Morgan fingerprint density at radius 2 is 2.39 bits per heavy atom. The lowest BCUT2D eigenvalue weighted by Gasteiger charge is -2.10. The lowest BCUT2D eigenvalue weighted by Crippen LogP contribution is -2.34. The quantitative estimate of drug-likeness (QED) is 0.839. The molecule has 0 saturated carbocycles. The Hall–Kier alpha value is -2.21. The summed E-state index contributed by atoms with van der Waals surface area (Å²) in [6, 6.07) is 4.87. The van der Waals surface area contributed by atoms with Gasteiger partial charge in [-0.15, -0.1) is 0 Å². The maximum atomic E-state index is 11.6. The molecule has 0 aliphatic heterocycles. The van der Waals surface area contributed by atoms with Crippen molar-refractivity contribution in [3.63, 3.8) is 0 Å². The molecular formula is C12H15N5O. The zero-order valence-corrected chi connectivity index (χ0v) is 10.1. The molecule has 0 spiro atoms. The van der Waals surface area contributed by atoms with Crippen LogP contribution >= 0.6 is 0 Å². The van der Waals surface area contributed by atoms with E-state index >= 15 is 0 Å². The molecule has 0 aromatic carbocycles. The molecule has 0 unspecified atom stereocenters. The Kier molecular flexibility index (Phi) is 3.69. The van der Waals surface area contributed by atoms with Crippen LogP contribution in [0.1, 0.15) is 13.3 Å². The van der Waals surface area contributed by atoms with E-state index in [1.807, 2.05) is 13.0 Å². The summed E-state index contributed by atoms with van der Waals surface area (Å²) >= 11 is 0. The van der Waals surface area contributed by atoms with E-state index < -0.39 is 6.04 Å². The van der Waals surface area contributed by atoms with Crippen molar-refractivity contribution in [2.75, 3.05) is 5.32 Å². The van der Waals surface area contributed by atoms with Crippen LogP contribution in [-0.2, 0) is 4.79 Å². The molecule has 0 aliphatic rings. The van der Waals surface area contributed by atoms with Crippen LogP contribution in [0.5, 0.6) is 0 Å². The molecule has 2 aromatic heterocycles. The Bertz CT molecular complexity index is 506. The fourth-order valence-electron chi connectivity index (χ4n) is 1.42. The van der Waals surface area contributed by atoms with Gasteiger partial charge in [-0.25, -0.2) is 9.67 Å². The Morgan fingerprint density at radius 3 is 2.94 bits per heavy atom. The molecule has 3 N–H and O–H groups in total. The zero-order chi connectivity index (χ0) is 13.0. The van der Waals surface area contributed by atoms with E-state index in [1.165, 1.54) is 0 Å². The molecule has 2 heterocycles. The highest BCUT2D eigenvalue weighted by Gasteiger charge is 2.10. The molecule has 2 aromatic rings. The van der Waals surface area contributed by atoms with Crippen LogP contribution in [-0.4, -0.2) is 26.7 Å². The van der Waals surface area contributed by atoms with Gasteiger partial charge in [-0.3, -0.25) is 4.79 Å². The van der Waals surface area contributed by atoms with E-state index in [4.69, 9.17) is 5.73 Å². The van der Waals surface area contributed by atoms with Gasteiger partial charge in [0.2, 0.25) is 5.91 Å². The van der Waals surface area contributed by atoms with Gasteiger partial charge >= 0.3 is 0 Å². The third kappa shape index (κ3) is 2.72. The number of nitrogens with one attached hydrogen (secondary N) is 1. The normalized spacial score (nSPS) is 12.1. The smallest absolute Gasteiger partial charge is 0.241 e. The van der Waals surface area contributed by atoms with Crippen molar-refractivity contribution in [3.8, 4) is 5.82 Å². The molecule has 18 heavy (non-hydrogen) atoms. The standard InChI is InChI=1S/C12H15N5O/c1-2-10(13)12(18)16-9-4-5-11(14-8-9)17-7-3-6-15-17/h3-8,10H,2,13H2,1H3,(H,16,18)/t10-/m0/s1. The largest absolute Gasteiger partial charge is 0.323 e. The molecule has 0 saturated heterocycles. The number of nitrogens with zero attached hydrogens (tertiary/aromatic N) is 3. The molecule has 6 nitrogen and oxygen atoms in total. The Labute approximate surface area is 105 Å². The second kappa shape index (κ2) is 5.42. The van der Waals surface area contributed by atoms with Gasteiger partial charge in [-0.05, 0) is 24.6 Å². The van der Waals surface area contributed by atoms with Crippen LogP contribution in [0.3, 0.4) is 0 Å². The van der Waals surface area contributed by atoms with E-state index in [-0.39, 0.29) is 5.91 Å². The first kappa shape index (κ1) is 12.3. The second-order valence-corrected chi connectivity index (χ2v) is 3.86. The number of rotatable bonds is 4. The van der Waals surface area contributed by atoms with Gasteiger partial charge < -0.3 is 11.1 Å². The van der Waals surface area contributed by atoms with E-state index in [1.54, 1.807) is 35.4 Å². The summed E-state index contributed by atoms with van der Waals surface area (Å²) in [4.78, 5) is 15.8. The van der Waals surface area contributed by atoms with Crippen molar-refractivity contribution >= 4 is 11.6 Å². The summed E-state index contributed by atoms with van der Waals surface area (Å²) in [7, 11) is 0. The Balaban J connectivity index is 2.06. The number of aromatic nitrogens is 3. The van der Waals surface area contributed by atoms with E-state index in [9.17, 15) is 4.79 Å². The molecule has 1 atom stereocenters. The van der Waals surface area contributed by atoms with Crippen molar-refractivity contribution < 1.29 is 4.79 Å². The van der Waals surface area contributed by atoms with Gasteiger partial charge in [0.15, 0.2) is 5.82 Å². The molecule has 6 heteroatoms. The van der Waals surface area contributed by atoms with Gasteiger partial charge in [-0.2, -0.15) is 5.10 Å². The first-order chi connectivity index (χ1) is 8.70. The molecule has 0 aliphatic carbocycles. The first-order valence-corrected chi connectivity index (χ1v) is 5.73. The second-order valence-electron chi connectivity index (χ2n) is 3.86. The SMILES string of the molecule is CC[C@H](N)C(=O)Nc1ccc(-n2cccn2)nc1. The Morgan fingerprint density at radius 1 is 1.56 bits per heavy atom. The maximum absolute atomic E-state index is 11.6. The third-order valence-corrected chi connectivity index (χ3v) is 2.53. The minimum Gasteiger partial charge on any atom is -0.323 e. The number of carbonyl (C=O) groups excluding carboxylic acids is 1. The van der Waals surface area contributed by atoms with E-state index in [0.717, 1.165) is 0 Å². The van der Waals surface area contributed by atoms with Crippen molar-refractivity contribution in [1.29, 1.82) is 0 Å². The minimum atomic E-state index is -0.490. The highest BCUT2D eigenvalue weighted by molar-refractivity contribution is 5.94. The number of hydrogen-bond acceptors (Lipinski definition) is 4. The highest BCUT2D eigenvalue weighted by Crippen LogP contribution is 2.09. The highest BCUT2D eigenvalue weighted by atomic mass is 16.2.